The second-order valence-corrected chi connectivity index (χ2v) is 8.47. The Hall–Kier alpha value is 0.230. The Balaban J connectivity index is 3.04. The Morgan fingerprint density at radius 3 is 2.37 bits per heavy atom. The molecule has 1 aromatic carbocycles. The molecule has 0 aliphatic heterocycles. The van der Waals surface area contributed by atoms with Crippen LogP contribution in [-0.2, 0) is 15.3 Å². The summed E-state index contributed by atoms with van der Waals surface area (Å²) >= 11 is 15.6. The molecule has 0 radical (unpaired) electrons. The van der Waals surface area contributed by atoms with Gasteiger partial charge >= 0.3 is 0 Å². The molecule has 0 atom stereocenters. The summed E-state index contributed by atoms with van der Waals surface area (Å²) in [4.78, 5) is 0. The Morgan fingerprint density at radius 1 is 1.26 bits per heavy atom. The lowest BCUT2D eigenvalue weighted by Crippen LogP contribution is -2.33. The molecule has 0 aromatic heterocycles. The third-order valence-corrected chi connectivity index (χ3v) is 6.50. The summed E-state index contributed by atoms with van der Waals surface area (Å²) < 4.78 is 24.3. The zero-order valence-corrected chi connectivity index (χ0v) is 14.6. The minimum atomic E-state index is -3.02. The predicted octanol–water partition coefficient (Wildman–Crippen LogP) is 3.99. The summed E-state index contributed by atoms with van der Waals surface area (Å²) in [5.41, 5.74) is 0.466. The number of hydrogen-bond donors (Lipinski definition) is 0. The second-order valence-electron chi connectivity index (χ2n) is 4.54. The van der Waals surface area contributed by atoms with Gasteiger partial charge in [0, 0.05) is 27.4 Å². The molecule has 0 N–H and O–H groups in total. The molecule has 0 spiro atoms. The van der Waals surface area contributed by atoms with E-state index in [2.05, 4.69) is 15.9 Å². The molecule has 0 aliphatic carbocycles. The van der Waals surface area contributed by atoms with E-state index in [-0.39, 0.29) is 11.5 Å². The smallest absolute Gasteiger partial charge is 0.150 e. The maximum atomic E-state index is 11.7. The SMILES string of the molecule is CCS(=O)(=O)CCC(CCl)(CCl)c1cccc(Br)c1. The lowest BCUT2D eigenvalue weighted by Gasteiger charge is -2.30. The highest BCUT2D eigenvalue weighted by molar-refractivity contribution is 9.10. The van der Waals surface area contributed by atoms with Crippen molar-refractivity contribution in [3.05, 3.63) is 34.3 Å². The zero-order chi connectivity index (χ0) is 14.5. The van der Waals surface area contributed by atoms with E-state index >= 15 is 0 Å². The molecule has 0 fully saturated rings. The van der Waals surface area contributed by atoms with Crippen molar-refractivity contribution in [2.45, 2.75) is 18.8 Å². The van der Waals surface area contributed by atoms with Crippen molar-refractivity contribution in [1.29, 1.82) is 0 Å². The molecule has 0 saturated heterocycles. The van der Waals surface area contributed by atoms with Crippen LogP contribution in [0, 0.1) is 0 Å². The molecule has 0 aliphatic rings. The van der Waals surface area contributed by atoms with Crippen LogP contribution in [0.2, 0.25) is 0 Å². The van der Waals surface area contributed by atoms with Crippen molar-refractivity contribution in [2.75, 3.05) is 23.3 Å². The molecule has 0 heterocycles. The number of rotatable bonds is 7. The number of sulfone groups is 1. The van der Waals surface area contributed by atoms with Gasteiger partial charge in [-0.2, -0.15) is 0 Å². The van der Waals surface area contributed by atoms with E-state index < -0.39 is 15.3 Å². The molecule has 19 heavy (non-hydrogen) atoms. The lowest BCUT2D eigenvalue weighted by atomic mass is 9.82. The largest absolute Gasteiger partial charge is 0.229 e. The average Bonchev–Trinajstić information content (AvgIpc) is 2.41. The van der Waals surface area contributed by atoms with Crippen molar-refractivity contribution < 1.29 is 8.42 Å². The van der Waals surface area contributed by atoms with Gasteiger partial charge in [0.05, 0.1) is 5.75 Å². The van der Waals surface area contributed by atoms with Gasteiger partial charge in [-0.05, 0) is 24.1 Å². The molecule has 1 rings (SSSR count). The van der Waals surface area contributed by atoms with Crippen molar-refractivity contribution in [3.63, 3.8) is 0 Å². The molecule has 0 saturated carbocycles. The second kappa shape index (κ2) is 7.30. The number of alkyl halides is 2. The van der Waals surface area contributed by atoms with Gasteiger partial charge in [-0.1, -0.05) is 35.0 Å². The molecule has 6 heteroatoms. The quantitative estimate of drug-likeness (QED) is 0.663. The highest BCUT2D eigenvalue weighted by atomic mass is 79.9. The van der Waals surface area contributed by atoms with Gasteiger partial charge in [0.1, 0.15) is 9.84 Å². The maximum Gasteiger partial charge on any atom is 0.150 e. The van der Waals surface area contributed by atoms with E-state index in [9.17, 15) is 8.42 Å². The van der Waals surface area contributed by atoms with Crippen LogP contribution < -0.4 is 0 Å². The van der Waals surface area contributed by atoms with E-state index in [1.165, 1.54) is 0 Å². The normalized spacial score (nSPS) is 12.6. The van der Waals surface area contributed by atoms with Crippen molar-refractivity contribution in [2.24, 2.45) is 0 Å². The van der Waals surface area contributed by atoms with Gasteiger partial charge in [-0.3, -0.25) is 0 Å². The first-order valence-corrected chi connectivity index (χ1v) is 9.66. The molecular weight excluding hydrogens is 371 g/mol. The standard InChI is InChI=1S/C13H17BrCl2O2S/c1-2-19(17,18)7-6-13(9-15,10-16)11-4-3-5-12(14)8-11/h3-5,8H,2,6-7,9-10H2,1H3. The number of benzene rings is 1. The van der Waals surface area contributed by atoms with E-state index in [0.29, 0.717) is 18.2 Å². The molecule has 1 aromatic rings. The fourth-order valence-electron chi connectivity index (χ4n) is 1.78. The van der Waals surface area contributed by atoms with Crippen LogP contribution in [0.3, 0.4) is 0 Å². The summed E-state index contributed by atoms with van der Waals surface area (Å²) in [7, 11) is -3.02. The molecule has 2 nitrogen and oxygen atoms in total. The highest BCUT2D eigenvalue weighted by Crippen LogP contribution is 2.33. The minimum Gasteiger partial charge on any atom is -0.229 e. The van der Waals surface area contributed by atoms with Crippen LogP contribution >= 0.6 is 39.1 Å². The Labute approximate surface area is 133 Å². The molecule has 0 bridgehead atoms. The van der Waals surface area contributed by atoms with Crippen molar-refractivity contribution in [3.8, 4) is 0 Å². The van der Waals surface area contributed by atoms with E-state index in [1.807, 2.05) is 24.3 Å². The van der Waals surface area contributed by atoms with Gasteiger partial charge in [-0.25, -0.2) is 8.42 Å². The summed E-state index contributed by atoms with van der Waals surface area (Å²) in [6, 6.07) is 7.71. The van der Waals surface area contributed by atoms with E-state index in [0.717, 1.165) is 10.0 Å². The zero-order valence-electron chi connectivity index (χ0n) is 10.7. The fraction of sp³-hybridized carbons (Fsp3) is 0.538. The fourth-order valence-corrected chi connectivity index (χ4v) is 4.03. The Bertz CT molecular complexity index is 513. The monoisotopic (exact) mass is 386 g/mol. The minimum absolute atomic E-state index is 0.107. The Morgan fingerprint density at radius 2 is 1.89 bits per heavy atom. The third kappa shape index (κ3) is 4.62. The van der Waals surface area contributed by atoms with Crippen LogP contribution in [0.5, 0.6) is 0 Å². The van der Waals surface area contributed by atoms with Crippen molar-refractivity contribution in [1.82, 2.24) is 0 Å². The van der Waals surface area contributed by atoms with E-state index in [1.54, 1.807) is 6.92 Å². The molecule has 0 unspecified atom stereocenters. The summed E-state index contributed by atoms with van der Waals surface area (Å²) in [5.74, 6) is 0.847. The first kappa shape index (κ1) is 17.3. The van der Waals surface area contributed by atoms with Crippen LogP contribution in [-0.4, -0.2) is 31.7 Å². The summed E-state index contributed by atoms with van der Waals surface area (Å²) in [6.45, 7) is 1.65. The number of halogens is 3. The van der Waals surface area contributed by atoms with Gasteiger partial charge in [0.2, 0.25) is 0 Å². The van der Waals surface area contributed by atoms with Crippen LogP contribution in [0.15, 0.2) is 28.7 Å². The maximum absolute atomic E-state index is 11.7. The van der Waals surface area contributed by atoms with Gasteiger partial charge in [-0.15, -0.1) is 23.2 Å². The Kier molecular flexibility index (Phi) is 6.64. The molecule has 108 valence electrons. The van der Waals surface area contributed by atoms with Crippen molar-refractivity contribution >= 4 is 49.0 Å². The first-order chi connectivity index (χ1) is 8.89. The highest BCUT2D eigenvalue weighted by Gasteiger charge is 2.32. The molecule has 0 amide bonds. The predicted molar refractivity (Wildman–Crippen MR) is 86.2 cm³/mol. The van der Waals surface area contributed by atoms with Gasteiger partial charge in [0.25, 0.3) is 0 Å². The lowest BCUT2D eigenvalue weighted by molar-refractivity contribution is 0.511. The topological polar surface area (TPSA) is 34.1 Å². The summed E-state index contributed by atoms with van der Waals surface area (Å²) in [6.07, 6.45) is 0.437. The van der Waals surface area contributed by atoms with Crippen LogP contribution in [0.4, 0.5) is 0 Å². The van der Waals surface area contributed by atoms with Crippen LogP contribution in [0.25, 0.3) is 0 Å². The molecular formula is C13H17BrCl2O2S. The van der Waals surface area contributed by atoms with Gasteiger partial charge in [0.15, 0.2) is 0 Å². The number of hydrogen-bond acceptors (Lipinski definition) is 2. The van der Waals surface area contributed by atoms with E-state index in [4.69, 9.17) is 23.2 Å². The third-order valence-electron chi connectivity index (χ3n) is 3.28. The average molecular weight is 388 g/mol. The van der Waals surface area contributed by atoms with Gasteiger partial charge < -0.3 is 0 Å². The summed E-state index contributed by atoms with van der Waals surface area (Å²) in [5, 5.41) is 0. The first-order valence-electron chi connectivity index (χ1n) is 5.97. The van der Waals surface area contributed by atoms with Crippen LogP contribution in [0.1, 0.15) is 18.9 Å².